The SMILES string of the molecule is COCCNC(=O)CSc1nc(C2CCCCC2)n(-c2ccccc2)n1. The third-order valence-corrected chi connectivity index (χ3v) is 5.38. The second-order valence-electron chi connectivity index (χ2n) is 6.47. The van der Waals surface area contributed by atoms with Crippen LogP contribution in [-0.2, 0) is 9.53 Å². The van der Waals surface area contributed by atoms with E-state index in [1.807, 2.05) is 35.0 Å². The summed E-state index contributed by atoms with van der Waals surface area (Å²) in [5.41, 5.74) is 1.02. The molecule has 1 aromatic heterocycles. The molecule has 0 bridgehead atoms. The number of hydrogen-bond donors (Lipinski definition) is 1. The van der Waals surface area contributed by atoms with Crippen molar-refractivity contribution in [1.29, 1.82) is 0 Å². The van der Waals surface area contributed by atoms with Gasteiger partial charge in [-0.1, -0.05) is 49.2 Å². The van der Waals surface area contributed by atoms with E-state index in [1.165, 1.54) is 31.0 Å². The molecule has 1 amide bonds. The van der Waals surface area contributed by atoms with Gasteiger partial charge in [-0.2, -0.15) is 0 Å². The summed E-state index contributed by atoms with van der Waals surface area (Å²) in [6.07, 6.45) is 6.12. The Balaban J connectivity index is 1.72. The molecule has 140 valence electrons. The van der Waals surface area contributed by atoms with Crippen LogP contribution in [0.15, 0.2) is 35.5 Å². The fraction of sp³-hybridized carbons (Fsp3) is 0.526. The highest BCUT2D eigenvalue weighted by Crippen LogP contribution is 2.33. The molecule has 1 fully saturated rings. The molecular weight excluding hydrogens is 348 g/mol. The fourth-order valence-electron chi connectivity index (χ4n) is 3.22. The zero-order chi connectivity index (χ0) is 18.2. The summed E-state index contributed by atoms with van der Waals surface area (Å²) < 4.78 is 6.90. The molecule has 0 spiro atoms. The maximum absolute atomic E-state index is 11.9. The molecule has 0 saturated heterocycles. The summed E-state index contributed by atoms with van der Waals surface area (Å²) >= 11 is 1.38. The molecular formula is C19H26N4O2S. The summed E-state index contributed by atoms with van der Waals surface area (Å²) in [5.74, 6) is 1.76. The Morgan fingerprint density at radius 2 is 2.04 bits per heavy atom. The third-order valence-electron chi connectivity index (χ3n) is 4.54. The molecule has 7 heteroatoms. The standard InChI is InChI=1S/C19H26N4O2S/c1-25-13-12-20-17(24)14-26-19-21-18(15-8-4-2-5-9-15)23(22-19)16-10-6-3-7-11-16/h3,6-7,10-11,15H,2,4-5,8-9,12-14H2,1H3,(H,20,24). The smallest absolute Gasteiger partial charge is 0.230 e. The van der Waals surface area contributed by atoms with Crippen molar-refractivity contribution < 1.29 is 9.53 Å². The van der Waals surface area contributed by atoms with Gasteiger partial charge >= 0.3 is 0 Å². The van der Waals surface area contributed by atoms with E-state index in [2.05, 4.69) is 10.4 Å². The largest absolute Gasteiger partial charge is 0.383 e. The van der Waals surface area contributed by atoms with Crippen molar-refractivity contribution in [2.24, 2.45) is 0 Å². The Bertz CT molecular complexity index is 699. The molecule has 0 unspecified atom stereocenters. The Morgan fingerprint density at radius 3 is 2.77 bits per heavy atom. The summed E-state index contributed by atoms with van der Waals surface area (Å²) in [6, 6.07) is 10.1. The van der Waals surface area contributed by atoms with E-state index in [-0.39, 0.29) is 5.91 Å². The number of nitrogens with one attached hydrogen (secondary N) is 1. The average Bonchev–Trinajstić information content (AvgIpc) is 3.12. The normalized spacial score (nSPS) is 15.1. The van der Waals surface area contributed by atoms with Crippen LogP contribution >= 0.6 is 11.8 Å². The van der Waals surface area contributed by atoms with E-state index in [4.69, 9.17) is 9.72 Å². The van der Waals surface area contributed by atoms with Crippen LogP contribution in [0.1, 0.15) is 43.8 Å². The molecule has 0 aliphatic heterocycles. The zero-order valence-corrected chi connectivity index (χ0v) is 16.0. The summed E-state index contributed by atoms with van der Waals surface area (Å²) in [5, 5.41) is 8.17. The van der Waals surface area contributed by atoms with Crippen molar-refractivity contribution in [3.05, 3.63) is 36.2 Å². The first-order valence-electron chi connectivity index (χ1n) is 9.18. The number of carbonyl (C=O) groups excluding carboxylic acids is 1. The number of thioether (sulfide) groups is 1. The number of amides is 1. The highest BCUT2D eigenvalue weighted by molar-refractivity contribution is 7.99. The maximum Gasteiger partial charge on any atom is 0.230 e. The molecule has 1 saturated carbocycles. The topological polar surface area (TPSA) is 69.0 Å². The summed E-state index contributed by atoms with van der Waals surface area (Å²) in [7, 11) is 1.62. The van der Waals surface area contributed by atoms with Crippen LogP contribution in [0.25, 0.3) is 5.69 Å². The number of methoxy groups -OCH3 is 1. The van der Waals surface area contributed by atoms with Crippen molar-refractivity contribution in [2.75, 3.05) is 26.0 Å². The van der Waals surface area contributed by atoms with Gasteiger partial charge in [-0.05, 0) is 25.0 Å². The molecule has 1 aliphatic rings. The van der Waals surface area contributed by atoms with Gasteiger partial charge < -0.3 is 10.1 Å². The summed E-state index contributed by atoms with van der Waals surface area (Å²) in [6.45, 7) is 1.04. The predicted molar refractivity (Wildman–Crippen MR) is 103 cm³/mol. The van der Waals surface area contributed by atoms with Gasteiger partial charge in [-0.25, -0.2) is 9.67 Å². The minimum Gasteiger partial charge on any atom is -0.383 e. The monoisotopic (exact) mass is 374 g/mol. The number of benzene rings is 1. The lowest BCUT2D eigenvalue weighted by molar-refractivity contribution is -0.118. The number of hydrogen-bond acceptors (Lipinski definition) is 5. The second kappa shape index (κ2) is 9.73. The molecule has 1 N–H and O–H groups in total. The van der Waals surface area contributed by atoms with Crippen molar-refractivity contribution >= 4 is 17.7 Å². The number of ether oxygens (including phenoxy) is 1. The minimum atomic E-state index is -0.0256. The Morgan fingerprint density at radius 1 is 1.27 bits per heavy atom. The lowest BCUT2D eigenvalue weighted by Crippen LogP contribution is -2.28. The molecule has 1 aromatic carbocycles. The molecule has 1 aliphatic carbocycles. The third kappa shape index (κ3) is 5.08. The predicted octanol–water partition coefficient (Wildman–Crippen LogP) is 3.17. The van der Waals surface area contributed by atoms with Gasteiger partial charge in [0.2, 0.25) is 11.1 Å². The van der Waals surface area contributed by atoms with Crippen molar-refractivity contribution in [3.8, 4) is 5.69 Å². The van der Waals surface area contributed by atoms with E-state index in [0.717, 1.165) is 24.4 Å². The molecule has 2 aromatic rings. The van der Waals surface area contributed by atoms with Gasteiger partial charge in [0.15, 0.2) is 0 Å². The molecule has 0 radical (unpaired) electrons. The van der Waals surface area contributed by atoms with E-state index < -0.39 is 0 Å². The van der Waals surface area contributed by atoms with Gasteiger partial charge in [-0.15, -0.1) is 5.10 Å². The number of para-hydroxylation sites is 1. The first-order valence-corrected chi connectivity index (χ1v) is 10.2. The first-order chi connectivity index (χ1) is 12.8. The van der Waals surface area contributed by atoms with Crippen molar-refractivity contribution in [1.82, 2.24) is 20.1 Å². The summed E-state index contributed by atoms with van der Waals surface area (Å²) in [4.78, 5) is 16.7. The zero-order valence-electron chi connectivity index (χ0n) is 15.2. The van der Waals surface area contributed by atoms with Crippen LogP contribution in [0.3, 0.4) is 0 Å². The van der Waals surface area contributed by atoms with Crippen LogP contribution < -0.4 is 5.32 Å². The lowest BCUT2D eigenvalue weighted by atomic mass is 9.88. The molecule has 26 heavy (non-hydrogen) atoms. The molecule has 3 rings (SSSR count). The highest BCUT2D eigenvalue weighted by atomic mass is 32.2. The van der Waals surface area contributed by atoms with E-state index >= 15 is 0 Å². The van der Waals surface area contributed by atoms with Crippen molar-refractivity contribution in [2.45, 2.75) is 43.2 Å². The molecule has 6 nitrogen and oxygen atoms in total. The number of aromatic nitrogens is 3. The van der Waals surface area contributed by atoms with E-state index in [0.29, 0.717) is 30.0 Å². The first kappa shape index (κ1) is 18.9. The van der Waals surface area contributed by atoms with Gasteiger partial charge in [0.25, 0.3) is 0 Å². The highest BCUT2D eigenvalue weighted by Gasteiger charge is 2.23. The maximum atomic E-state index is 11.9. The van der Waals surface area contributed by atoms with Crippen LogP contribution in [0, 0.1) is 0 Å². The van der Waals surface area contributed by atoms with Gasteiger partial charge in [0.05, 0.1) is 18.0 Å². The number of rotatable bonds is 8. The number of carbonyl (C=O) groups is 1. The van der Waals surface area contributed by atoms with Crippen LogP contribution in [0.4, 0.5) is 0 Å². The molecule has 0 atom stereocenters. The van der Waals surface area contributed by atoms with Crippen molar-refractivity contribution in [3.63, 3.8) is 0 Å². The quantitative estimate of drug-likeness (QED) is 0.568. The van der Waals surface area contributed by atoms with Crippen LogP contribution in [0.2, 0.25) is 0 Å². The molecule has 1 heterocycles. The number of nitrogens with zero attached hydrogens (tertiary/aromatic N) is 3. The van der Waals surface area contributed by atoms with Crippen LogP contribution in [0.5, 0.6) is 0 Å². The average molecular weight is 375 g/mol. The van der Waals surface area contributed by atoms with E-state index in [1.54, 1.807) is 7.11 Å². The Labute approximate surface area is 158 Å². The second-order valence-corrected chi connectivity index (χ2v) is 7.41. The lowest BCUT2D eigenvalue weighted by Gasteiger charge is -2.21. The van der Waals surface area contributed by atoms with Gasteiger partial charge in [-0.3, -0.25) is 4.79 Å². The van der Waals surface area contributed by atoms with Gasteiger partial charge in [0.1, 0.15) is 5.82 Å². The fourth-order valence-corrected chi connectivity index (χ4v) is 3.88. The Hall–Kier alpha value is -1.86. The van der Waals surface area contributed by atoms with E-state index in [9.17, 15) is 4.79 Å². The Kier molecular flexibility index (Phi) is 7.08. The van der Waals surface area contributed by atoms with Crippen LogP contribution in [-0.4, -0.2) is 46.7 Å². The van der Waals surface area contributed by atoms with Gasteiger partial charge in [0, 0.05) is 19.6 Å². The minimum absolute atomic E-state index is 0.0256.